The molecule has 3 aliphatic rings. The number of hydrogen-bond acceptors (Lipinski definition) is 3. The second-order valence-electron chi connectivity index (χ2n) is 7.02. The van der Waals surface area contributed by atoms with Gasteiger partial charge in [0.1, 0.15) is 0 Å². The summed E-state index contributed by atoms with van der Waals surface area (Å²) in [7, 11) is 0. The van der Waals surface area contributed by atoms with Crippen molar-refractivity contribution in [2.45, 2.75) is 39.0 Å². The minimum Gasteiger partial charge on any atom is -0.481 e. The van der Waals surface area contributed by atoms with Gasteiger partial charge in [-0.05, 0) is 43.4 Å². The van der Waals surface area contributed by atoms with Gasteiger partial charge in [-0.2, -0.15) is 0 Å². The topological polar surface area (TPSA) is 66.8 Å². The largest absolute Gasteiger partial charge is 0.481 e. The van der Waals surface area contributed by atoms with E-state index in [0.29, 0.717) is 5.92 Å². The third-order valence-corrected chi connectivity index (χ3v) is 5.92. The van der Waals surface area contributed by atoms with Gasteiger partial charge in [0.05, 0.1) is 5.92 Å². The molecule has 21 heavy (non-hydrogen) atoms. The Bertz CT molecular complexity index is 422. The van der Waals surface area contributed by atoms with Crippen molar-refractivity contribution in [1.29, 1.82) is 0 Å². The highest BCUT2D eigenvalue weighted by Crippen LogP contribution is 2.59. The summed E-state index contributed by atoms with van der Waals surface area (Å²) in [5.41, 5.74) is 0.00449. The predicted molar refractivity (Wildman–Crippen MR) is 76.7 cm³/mol. The Kier molecular flexibility index (Phi) is 3.95. The molecule has 2 aliphatic heterocycles. The van der Waals surface area contributed by atoms with Crippen molar-refractivity contribution in [2.24, 2.45) is 23.2 Å². The maximum absolute atomic E-state index is 12.6. The molecule has 0 aromatic rings. The molecule has 2 unspecified atom stereocenters. The molecule has 0 aromatic heterocycles. The van der Waals surface area contributed by atoms with E-state index in [1.54, 1.807) is 0 Å². The van der Waals surface area contributed by atoms with E-state index < -0.39 is 5.97 Å². The molecule has 1 aliphatic carbocycles. The van der Waals surface area contributed by atoms with Gasteiger partial charge in [-0.15, -0.1) is 0 Å². The average molecular weight is 295 g/mol. The van der Waals surface area contributed by atoms with Crippen molar-refractivity contribution in [2.75, 3.05) is 26.3 Å². The lowest BCUT2D eigenvalue weighted by Gasteiger charge is -2.36. The van der Waals surface area contributed by atoms with Crippen molar-refractivity contribution in [3.8, 4) is 0 Å². The molecule has 3 rings (SSSR count). The van der Waals surface area contributed by atoms with Gasteiger partial charge in [0.2, 0.25) is 5.91 Å². The molecule has 2 atom stereocenters. The fourth-order valence-corrected chi connectivity index (χ4v) is 4.13. The van der Waals surface area contributed by atoms with Crippen molar-refractivity contribution in [3.05, 3.63) is 0 Å². The number of nitrogens with zero attached hydrogens (tertiary/aromatic N) is 1. The van der Waals surface area contributed by atoms with Crippen LogP contribution in [-0.4, -0.2) is 48.2 Å². The summed E-state index contributed by atoms with van der Waals surface area (Å²) < 4.78 is 5.36. The summed E-state index contributed by atoms with van der Waals surface area (Å²) in [6.07, 6.45) is 4.48. The SMILES string of the molecule is CC(C(=O)N1CCC2(CC1)CC2C(=O)O)C1CCOCC1. The average Bonchev–Trinajstić information content (AvgIpc) is 3.21. The van der Waals surface area contributed by atoms with Gasteiger partial charge in [0.15, 0.2) is 0 Å². The van der Waals surface area contributed by atoms with Crippen LogP contribution < -0.4 is 0 Å². The highest BCUT2D eigenvalue weighted by molar-refractivity contribution is 5.79. The minimum atomic E-state index is -0.662. The lowest BCUT2D eigenvalue weighted by Crippen LogP contribution is -2.44. The number of likely N-dealkylation sites (tertiary alicyclic amines) is 1. The molecule has 2 saturated heterocycles. The Hall–Kier alpha value is -1.10. The van der Waals surface area contributed by atoms with Crippen LogP contribution in [-0.2, 0) is 14.3 Å². The molecule has 5 heteroatoms. The van der Waals surface area contributed by atoms with Crippen LogP contribution in [0.3, 0.4) is 0 Å². The van der Waals surface area contributed by atoms with Crippen LogP contribution in [0.25, 0.3) is 0 Å². The van der Waals surface area contributed by atoms with Gasteiger partial charge in [0, 0.05) is 32.2 Å². The Balaban J connectivity index is 1.52. The molecule has 1 amide bonds. The van der Waals surface area contributed by atoms with Crippen molar-refractivity contribution in [1.82, 2.24) is 4.90 Å². The number of aliphatic carboxylic acids is 1. The van der Waals surface area contributed by atoms with Gasteiger partial charge in [-0.1, -0.05) is 6.92 Å². The van der Waals surface area contributed by atoms with Crippen LogP contribution >= 0.6 is 0 Å². The first kappa shape index (κ1) is 14.8. The zero-order valence-electron chi connectivity index (χ0n) is 12.7. The maximum Gasteiger partial charge on any atom is 0.307 e. The van der Waals surface area contributed by atoms with E-state index in [4.69, 9.17) is 9.84 Å². The second-order valence-corrected chi connectivity index (χ2v) is 7.02. The summed E-state index contributed by atoms with van der Waals surface area (Å²) >= 11 is 0. The smallest absolute Gasteiger partial charge is 0.307 e. The number of piperidine rings is 1. The molecule has 1 spiro atoms. The van der Waals surface area contributed by atoms with Gasteiger partial charge in [-0.3, -0.25) is 9.59 Å². The normalized spacial score (nSPS) is 30.1. The fraction of sp³-hybridized carbons (Fsp3) is 0.875. The minimum absolute atomic E-state index is 0.00449. The number of rotatable bonds is 3. The molecule has 0 radical (unpaired) electrons. The van der Waals surface area contributed by atoms with Gasteiger partial charge >= 0.3 is 5.97 Å². The van der Waals surface area contributed by atoms with Crippen LogP contribution in [0.1, 0.15) is 39.0 Å². The van der Waals surface area contributed by atoms with Crippen LogP contribution in [0.2, 0.25) is 0 Å². The summed E-state index contributed by atoms with van der Waals surface area (Å²) in [5.74, 6) is -0.0652. The zero-order chi connectivity index (χ0) is 15.0. The first-order valence-corrected chi connectivity index (χ1v) is 8.13. The van der Waals surface area contributed by atoms with Gasteiger partial charge in [-0.25, -0.2) is 0 Å². The van der Waals surface area contributed by atoms with Crippen molar-refractivity contribution in [3.63, 3.8) is 0 Å². The molecular weight excluding hydrogens is 270 g/mol. The quantitative estimate of drug-likeness (QED) is 0.861. The standard InChI is InChI=1S/C16H25NO4/c1-11(12-2-8-21-9-3-12)14(18)17-6-4-16(5-7-17)10-13(16)15(19)20/h11-13H,2-10H2,1H3,(H,19,20). The van der Waals surface area contributed by atoms with E-state index in [9.17, 15) is 9.59 Å². The van der Waals surface area contributed by atoms with Crippen molar-refractivity contribution >= 4 is 11.9 Å². The third kappa shape index (κ3) is 2.80. The number of hydrogen-bond donors (Lipinski definition) is 1. The second kappa shape index (κ2) is 5.59. The van der Waals surface area contributed by atoms with Crippen LogP contribution in [0.4, 0.5) is 0 Å². The Morgan fingerprint density at radius 1 is 1.24 bits per heavy atom. The molecular formula is C16H25NO4. The Labute approximate surface area is 125 Å². The number of carboxylic acid groups (broad SMARTS) is 1. The third-order valence-electron chi connectivity index (χ3n) is 5.92. The highest BCUT2D eigenvalue weighted by atomic mass is 16.5. The van der Waals surface area contributed by atoms with Crippen molar-refractivity contribution < 1.29 is 19.4 Å². The monoisotopic (exact) mass is 295 g/mol. The highest BCUT2D eigenvalue weighted by Gasteiger charge is 2.59. The van der Waals surface area contributed by atoms with Gasteiger partial charge < -0.3 is 14.7 Å². The van der Waals surface area contributed by atoms with E-state index >= 15 is 0 Å². The van der Waals surface area contributed by atoms with Gasteiger partial charge in [0.25, 0.3) is 0 Å². The molecule has 5 nitrogen and oxygen atoms in total. The molecule has 3 fully saturated rings. The van der Waals surface area contributed by atoms with E-state index in [1.807, 2.05) is 11.8 Å². The first-order valence-electron chi connectivity index (χ1n) is 8.13. The predicted octanol–water partition coefficient (Wildman–Crippen LogP) is 1.76. The maximum atomic E-state index is 12.6. The molecule has 0 bridgehead atoms. The number of amides is 1. The van der Waals surface area contributed by atoms with E-state index in [-0.39, 0.29) is 23.2 Å². The lowest BCUT2D eigenvalue weighted by atomic mass is 9.85. The van der Waals surface area contributed by atoms with Crippen LogP contribution in [0, 0.1) is 23.2 Å². The van der Waals surface area contributed by atoms with Crippen LogP contribution in [0.5, 0.6) is 0 Å². The molecule has 118 valence electrons. The Morgan fingerprint density at radius 3 is 2.38 bits per heavy atom. The summed E-state index contributed by atoms with van der Waals surface area (Å²) in [5, 5.41) is 9.11. The Morgan fingerprint density at radius 2 is 1.86 bits per heavy atom. The van der Waals surface area contributed by atoms with E-state index in [2.05, 4.69) is 0 Å². The first-order chi connectivity index (χ1) is 10.0. The number of carbonyl (C=O) groups is 2. The number of carbonyl (C=O) groups excluding carboxylic acids is 1. The molecule has 2 heterocycles. The zero-order valence-corrected chi connectivity index (χ0v) is 12.7. The molecule has 1 saturated carbocycles. The van der Waals surface area contributed by atoms with E-state index in [0.717, 1.165) is 58.4 Å². The number of ether oxygens (including phenoxy) is 1. The molecule has 0 aromatic carbocycles. The summed E-state index contributed by atoms with van der Waals surface area (Å²) in [6.45, 7) is 5.05. The summed E-state index contributed by atoms with van der Waals surface area (Å²) in [6, 6.07) is 0. The molecule has 1 N–H and O–H groups in total. The fourth-order valence-electron chi connectivity index (χ4n) is 4.13. The van der Waals surface area contributed by atoms with Crippen LogP contribution in [0.15, 0.2) is 0 Å². The lowest BCUT2D eigenvalue weighted by molar-refractivity contribution is -0.141. The summed E-state index contributed by atoms with van der Waals surface area (Å²) in [4.78, 5) is 25.6. The number of carboxylic acids is 1. The van der Waals surface area contributed by atoms with E-state index in [1.165, 1.54) is 0 Å².